The second kappa shape index (κ2) is 5.23. The molecule has 0 bridgehead atoms. The molecular weight excluding hydrogens is 226 g/mol. The number of benzene rings is 1. The van der Waals surface area contributed by atoms with Crippen LogP contribution in [0.5, 0.6) is 5.75 Å². The number of fused-ring (bicyclic) bond motifs is 1. The molecule has 1 aromatic heterocycles. The first-order valence-electron chi connectivity index (χ1n) is 6.15. The van der Waals surface area contributed by atoms with Crippen LogP contribution in [0, 0.1) is 0 Å². The van der Waals surface area contributed by atoms with Gasteiger partial charge in [-0.25, -0.2) is 0 Å². The zero-order valence-electron chi connectivity index (χ0n) is 11.0. The van der Waals surface area contributed by atoms with Gasteiger partial charge in [-0.2, -0.15) is 0 Å². The fourth-order valence-corrected chi connectivity index (χ4v) is 1.98. The molecule has 1 aromatic carbocycles. The number of rotatable bonds is 4. The van der Waals surface area contributed by atoms with Crippen LogP contribution in [-0.2, 0) is 0 Å². The SMILES string of the molecule is CCC(C)c1nc2ccc(OC)cc2cc1NN. The van der Waals surface area contributed by atoms with Crippen molar-refractivity contribution in [1.29, 1.82) is 0 Å². The zero-order valence-corrected chi connectivity index (χ0v) is 11.0. The van der Waals surface area contributed by atoms with E-state index < -0.39 is 0 Å². The average molecular weight is 245 g/mol. The first-order valence-corrected chi connectivity index (χ1v) is 6.15. The lowest BCUT2D eigenvalue weighted by molar-refractivity contribution is 0.415. The van der Waals surface area contributed by atoms with E-state index in [1.807, 2.05) is 24.3 Å². The lowest BCUT2D eigenvalue weighted by Crippen LogP contribution is -2.11. The van der Waals surface area contributed by atoms with Gasteiger partial charge in [-0.1, -0.05) is 13.8 Å². The van der Waals surface area contributed by atoms with Crippen molar-refractivity contribution in [2.45, 2.75) is 26.2 Å². The van der Waals surface area contributed by atoms with Crippen LogP contribution >= 0.6 is 0 Å². The fraction of sp³-hybridized carbons (Fsp3) is 0.357. The van der Waals surface area contributed by atoms with E-state index in [9.17, 15) is 0 Å². The highest BCUT2D eigenvalue weighted by Gasteiger charge is 2.12. The predicted molar refractivity (Wildman–Crippen MR) is 74.8 cm³/mol. The van der Waals surface area contributed by atoms with E-state index in [4.69, 9.17) is 15.6 Å². The third-order valence-electron chi connectivity index (χ3n) is 3.29. The van der Waals surface area contributed by atoms with Gasteiger partial charge in [0.2, 0.25) is 0 Å². The Morgan fingerprint density at radius 1 is 1.39 bits per heavy atom. The largest absolute Gasteiger partial charge is 0.497 e. The Kier molecular flexibility index (Phi) is 3.67. The van der Waals surface area contributed by atoms with Crippen LogP contribution in [0.4, 0.5) is 5.69 Å². The Balaban J connectivity index is 2.60. The smallest absolute Gasteiger partial charge is 0.119 e. The van der Waals surface area contributed by atoms with Crippen LogP contribution < -0.4 is 16.0 Å². The molecule has 4 heteroatoms. The monoisotopic (exact) mass is 245 g/mol. The van der Waals surface area contributed by atoms with Crippen molar-refractivity contribution < 1.29 is 4.74 Å². The van der Waals surface area contributed by atoms with Gasteiger partial charge in [-0.05, 0) is 30.7 Å². The second-order valence-corrected chi connectivity index (χ2v) is 4.43. The van der Waals surface area contributed by atoms with Gasteiger partial charge in [0.15, 0.2) is 0 Å². The number of nitrogens with two attached hydrogens (primary N) is 1. The van der Waals surface area contributed by atoms with Gasteiger partial charge in [0, 0.05) is 11.3 Å². The van der Waals surface area contributed by atoms with Gasteiger partial charge in [0.1, 0.15) is 5.75 Å². The Bertz CT molecular complexity index is 554. The molecular formula is C14H19N3O. The van der Waals surface area contributed by atoms with Crippen LogP contribution in [-0.4, -0.2) is 12.1 Å². The topological polar surface area (TPSA) is 60.2 Å². The molecule has 1 atom stereocenters. The lowest BCUT2D eigenvalue weighted by atomic mass is 10.0. The van der Waals surface area contributed by atoms with Gasteiger partial charge in [0.25, 0.3) is 0 Å². The van der Waals surface area contributed by atoms with Crippen molar-refractivity contribution in [2.24, 2.45) is 5.84 Å². The standard InChI is InChI=1S/C14H19N3O/c1-4-9(2)14-13(17-15)8-10-7-11(18-3)5-6-12(10)16-14/h5-9,17H,4,15H2,1-3H3. The number of pyridine rings is 1. The summed E-state index contributed by atoms with van der Waals surface area (Å²) in [6.45, 7) is 4.30. The Morgan fingerprint density at radius 3 is 2.78 bits per heavy atom. The van der Waals surface area contributed by atoms with E-state index in [0.717, 1.165) is 34.5 Å². The maximum atomic E-state index is 5.58. The van der Waals surface area contributed by atoms with Crippen molar-refractivity contribution in [1.82, 2.24) is 4.98 Å². The fourth-order valence-electron chi connectivity index (χ4n) is 1.98. The van der Waals surface area contributed by atoms with Crippen molar-refractivity contribution in [3.63, 3.8) is 0 Å². The molecule has 2 rings (SSSR count). The van der Waals surface area contributed by atoms with E-state index >= 15 is 0 Å². The number of nitrogens with one attached hydrogen (secondary N) is 1. The summed E-state index contributed by atoms with van der Waals surface area (Å²) in [6.07, 6.45) is 1.03. The number of hydrazine groups is 1. The molecule has 96 valence electrons. The molecule has 1 unspecified atom stereocenters. The molecule has 0 fully saturated rings. The van der Waals surface area contributed by atoms with Crippen LogP contribution in [0.25, 0.3) is 10.9 Å². The van der Waals surface area contributed by atoms with Gasteiger partial charge in [-0.15, -0.1) is 0 Å². The van der Waals surface area contributed by atoms with Crippen LogP contribution in [0.3, 0.4) is 0 Å². The van der Waals surface area contributed by atoms with Gasteiger partial charge < -0.3 is 10.2 Å². The third kappa shape index (κ3) is 2.24. The molecule has 2 aromatic rings. The summed E-state index contributed by atoms with van der Waals surface area (Å²) in [5.41, 5.74) is 5.59. The number of ether oxygens (including phenoxy) is 1. The van der Waals surface area contributed by atoms with Crippen molar-refractivity contribution in [2.75, 3.05) is 12.5 Å². The van der Waals surface area contributed by atoms with Gasteiger partial charge >= 0.3 is 0 Å². The van der Waals surface area contributed by atoms with Crippen molar-refractivity contribution in [3.05, 3.63) is 30.0 Å². The molecule has 3 N–H and O–H groups in total. The first kappa shape index (κ1) is 12.6. The maximum Gasteiger partial charge on any atom is 0.119 e. The number of nitrogens with zero attached hydrogens (tertiary/aromatic N) is 1. The molecule has 0 aliphatic carbocycles. The predicted octanol–water partition coefficient (Wildman–Crippen LogP) is 3.04. The highest BCUT2D eigenvalue weighted by atomic mass is 16.5. The van der Waals surface area contributed by atoms with E-state index in [1.54, 1.807) is 7.11 Å². The number of hydrogen-bond acceptors (Lipinski definition) is 4. The summed E-state index contributed by atoms with van der Waals surface area (Å²) in [6, 6.07) is 7.88. The summed E-state index contributed by atoms with van der Waals surface area (Å²) in [7, 11) is 1.66. The summed E-state index contributed by atoms with van der Waals surface area (Å²) in [4.78, 5) is 4.69. The van der Waals surface area contributed by atoms with Crippen LogP contribution in [0.15, 0.2) is 24.3 Å². The van der Waals surface area contributed by atoms with Crippen molar-refractivity contribution >= 4 is 16.6 Å². The highest BCUT2D eigenvalue weighted by Crippen LogP contribution is 2.29. The Morgan fingerprint density at radius 2 is 2.17 bits per heavy atom. The molecule has 1 heterocycles. The number of nitrogen functional groups attached to an aromatic ring is 1. The van der Waals surface area contributed by atoms with E-state index in [1.165, 1.54) is 0 Å². The molecule has 0 radical (unpaired) electrons. The minimum absolute atomic E-state index is 0.377. The summed E-state index contributed by atoms with van der Waals surface area (Å²) in [5.74, 6) is 6.78. The maximum absolute atomic E-state index is 5.58. The highest BCUT2D eigenvalue weighted by molar-refractivity contribution is 5.84. The number of hydrogen-bond donors (Lipinski definition) is 2. The minimum atomic E-state index is 0.377. The quantitative estimate of drug-likeness (QED) is 0.642. The van der Waals surface area contributed by atoms with Crippen LogP contribution in [0.2, 0.25) is 0 Å². The summed E-state index contributed by atoms with van der Waals surface area (Å²) >= 11 is 0. The first-order chi connectivity index (χ1) is 8.69. The molecule has 0 saturated carbocycles. The lowest BCUT2D eigenvalue weighted by Gasteiger charge is -2.15. The minimum Gasteiger partial charge on any atom is -0.497 e. The molecule has 18 heavy (non-hydrogen) atoms. The Hall–Kier alpha value is -1.81. The summed E-state index contributed by atoms with van der Waals surface area (Å²) in [5, 5.41) is 1.02. The number of anilines is 1. The third-order valence-corrected chi connectivity index (χ3v) is 3.29. The molecule has 4 nitrogen and oxygen atoms in total. The molecule has 0 spiro atoms. The van der Waals surface area contributed by atoms with Gasteiger partial charge in [-0.3, -0.25) is 10.8 Å². The van der Waals surface area contributed by atoms with E-state index in [2.05, 4.69) is 19.3 Å². The Labute approximate surface area is 107 Å². The average Bonchev–Trinajstić information content (AvgIpc) is 2.44. The number of methoxy groups -OCH3 is 1. The normalized spacial score (nSPS) is 12.4. The van der Waals surface area contributed by atoms with E-state index in [0.29, 0.717) is 5.92 Å². The van der Waals surface area contributed by atoms with Gasteiger partial charge in [0.05, 0.1) is 24.0 Å². The van der Waals surface area contributed by atoms with Crippen LogP contribution in [0.1, 0.15) is 31.9 Å². The second-order valence-electron chi connectivity index (χ2n) is 4.43. The molecule has 0 saturated heterocycles. The molecule has 0 amide bonds. The summed E-state index contributed by atoms with van der Waals surface area (Å²) < 4.78 is 5.22. The zero-order chi connectivity index (χ0) is 13.1. The molecule has 0 aliphatic heterocycles. The number of aromatic nitrogens is 1. The molecule has 0 aliphatic rings. The van der Waals surface area contributed by atoms with E-state index in [-0.39, 0.29) is 0 Å². The van der Waals surface area contributed by atoms with Crippen molar-refractivity contribution in [3.8, 4) is 5.75 Å².